The van der Waals surface area contributed by atoms with Crippen molar-refractivity contribution in [3.05, 3.63) is 29.3 Å². The highest BCUT2D eigenvalue weighted by Gasteiger charge is 2.27. The lowest BCUT2D eigenvalue weighted by Gasteiger charge is -2.33. The van der Waals surface area contributed by atoms with Crippen LogP contribution in [0.25, 0.3) is 0 Å². The molecule has 1 aromatic rings. The van der Waals surface area contributed by atoms with Crippen LogP contribution >= 0.6 is 12.4 Å². The van der Waals surface area contributed by atoms with E-state index >= 15 is 0 Å². The van der Waals surface area contributed by atoms with Crippen molar-refractivity contribution < 1.29 is 9.59 Å². The number of amides is 3. The Bertz CT molecular complexity index is 623. The van der Waals surface area contributed by atoms with Crippen LogP contribution in [-0.4, -0.2) is 56.1 Å². The van der Waals surface area contributed by atoms with Crippen LogP contribution in [-0.2, 0) is 0 Å². The minimum Gasteiger partial charge on any atom is -0.337 e. The Morgan fingerprint density at radius 1 is 1.33 bits per heavy atom. The van der Waals surface area contributed by atoms with Crippen LogP contribution in [0.4, 0.5) is 10.5 Å². The topological polar surface area (TPSA) is 64.7 Å². The van der Waals surface area contributed by atoms with Gasteiger partial charge < -0.3 is 15.5 Å². The van der Waals surface area contributed by atoms with Crippen LogP contribution < -0.4 is 15.5 Å². The summed E-state index contributed by atoms with van der Waals surface area (Å²) in [6.07, 6.45) is 2.12. The zero-order valence-electron chi connectivity index (χ0n) is 14.2. The molecular formula is C17H25ClN4O2. The number of likely N-dealkylation sites (tertiary alicyclic amines) is 1. The van der Waals surface area contributed by atoms with Crippen LogP contribution in [0, 0.1) is 6.92 Å². The Morgan fingerprint density at radius 3 is 2.79 bits per heavy atom. The van der Waals surface area contributed by atoms with Crippen molar-refractivity contribution in [3.8, 4) is 0 Å². The lowest BCUT2D eigenvalue weighted by atomic mass is 10.0. The first-order chi connectivity index (χ1) is 11.1. The molecule has 2 heterocycles. The maximum atomic E-state index is 12.9. The molecule has 24 heavy (non-hydrogen) atoms. The molecule has 0 aliphatic carbocycles. The van der Waals surface area contributed by atoms with E-state index in [9.17, 15) is 9.59 Å². The van der Waals surface area contributed by atoms with Crippen molar-refractivity contribution in [2.24, 2.45) is 0 Å². The zero-order valence-corrected chi connectivity index (χ0v) is 15.0. The summed E-state index contributed by atoms with van der Waals surface area (Å²) in [6, 6.07) is 5.90. The highest BCUT2D eigenvalue weighted by atomic mass is 35.5. The Hall–Kier alpha value is -1.79. The minimum atomic E-state index is -0.0917. The summed E-state index contributed by atoms with van der Waals surface area (Å²) in [7, 11) is 1.94. The van der Waals surface area contributed by atoms with E-state index < -0.39 is 0 Å². The van der Waals surface area contributed by atoms with E-state index in [4.69, 9.17) is 0 Å². The molecular weight excluding hydrogens is 328 g/mol. The van der Waals surface area contributed by atoms with E-state index in [2.05, 4.69) is 10.6 Å². The highest BCUT2D eigenvalue weighted by molar-refractivity contribution is 6.00. The van der Waals surface area contributed by atoms with Crippen LogP contribution in [0.2, 0.25) is 0 Å². The van der Waals surface area contributed by atoms with Crippen LogP contribution in [0.5, 0.6) is 0 Å². The predicted molar refractivity (Wildman–Crippen MR) is 97.2 cm³/mol. The van der Waals surface area contributed by atoms with Gasteiger partial charge in [0.1, 0.15) is 0 Å². The van der Waals surface area contributed by atoms with Crippen molar-refractivity contribution >= 4 is 30.0 Å². The number of likely N-dealkylation sites (N-methyl/N-ethyl adjacent to an activating group) is 1. The number of hydrogen-bond donors (Lipinski definition) is 2. The van der Waals surface area contributed by atoms with Crippen molar-refractivity contribution in [3.63, 3.8) is 0 Å². The number of halogens is 1. The molecule has 0 aromatic heterocycles. The summed E-state index contributed by atoms with van der Waals surface area (Å²) in [4.78, 5) is 28.4. The molecule has 7 heteroatoms. The fourth-order valence-electron chi connectivity index (χ4n) is 3.42. The van der Waals surface area contributed by atoms with Gasteiger partial charge in [-0.1, -0.05) is 6.07 Å². The average molecular weight is 353 g/mol. The smallest absolute Gasteiger partial charge is 0.322 e. The quantitative estimate of drug-likeness (QED) is 0.871. The number of nitrogens with one attached hydrogen (secondary N) is 2. The second-order valence-corrected chi connectivity index (χ2v) is 6.21. The van der Waals surface area contributed by atoms with E-state index in [1.807, 2.05) is 37.1 Å². The van der Waals surface area contributed by atoms with E-state index in [1.54, 1.807) is 4.90 Å². The van der Waals surface area contributed by atoms with Gasteiger partial charge in [0.2, 0.25) is 0 Å². The molecule has 1 atom stereocenters. The fraction of sp³-hybridized carbons (Fsp3) is 0.529. The first-order valence-corrected chi connectivity index (χ1v) is 8.23. The van der Waals surface area contributed by atoms with E-state index in [0.29, 0.717) is 24.7 Å². The van der Waals surface area contributed by atoms with Crippen molar-refractivity contribution in [1.82, 2.24) is 15.5 Å². The Morgan fingerprint density at radius 2 is 2.12 bits per heavy atom. The lowest BCUT2D eigenvalue weighted by Crippen LogP contribution is -2.47. The number of benzene rings is 1. The molecule has 1 unspecified atom stereocenters. The summed E-state index contributed by atoms with van der Waals surface area (Å²) in [5.41, 5.74) is 2.40. The van der Waals surface area contributed by atoms with Gasteiger partial charge in [-0.25, -0.2) is 4.79 Å². The summed E-state index contributed by atoms with van der Waals surface area (Å²) < 4.78 is 0. The van der Waals surface area contributed by atoms with E-state index in [-0.39, 0.29) is 24.3 Å². The Kier molecular flexibility index (Phi) is 6.07. The molecule has 0 spiro atoms. The molecule has 0 radical (unpaired) electrons. The van der Waals surface area contributed by atoms with Gasteiger partial charge in [-0.3, -0.25) is 9.69 Å². The molecule has 0 saturated carbocycles. The largest absolute Gasteiger partial charge is 0.337 e. The molecule has 132 valence electrons. The normalized spacial score (nSPS) is 20.6. The summed E-state index contributed by atoms with van der Waals surface area (Å²) in [5.74, 6) is 0.0592. The number of hydrogen-bond acceptors (Lipinski definition) is 3. The number of anilines is 1. The monoisotopic (exact) mass is 352 g/mol. The van der Waals surface area contributed by atoms with Gasteiger partial charge >= 0.3 is 6.03 Å². The summed E-state index contributed by atoms with van der Waals surface area (Å²) in [6.45, 7) is 4.75. The van der Waals surface area contributed by atoms with Gasteiger partial charge in [0.25, 0.3) is 5.91 Å². The molecule has 3 amide bonds. The first kappa shape index (κ1) is 18.5. The third kappa shape index (κ3) is 3.49. The highest BCUT2D eigenvalue weighted by Crippen LogP contribution is 2.26. The molecule has 2 aliphatic heterocycles. The van der Waals surface area contributed by atoms with Crippen molar-refractivity contribution in [2.75, 3.05) is 38.1 Å². The molecule has 0 bridgehead atoms. The average Bonchev–Trinajstić information content (AvgIpc) is 3.00. The number of carbonyl (C=O) groups excluding carboxylic acids is 2. The maximum absolute atomic E-state index is 12.9. The SMILES string of the molecule is CNC1CCCN(C(=O)c2cccc(N3CCNC3=O)c2C)C1.Cl. The van der Waals surface area contributed by atoms with Gasteiger partial charge in [0.15, 0.2) is 0 Å². The number of nitrogens with zero attached hydrogens (tertiary/aromatic N) is 2. The number of carbonyl (C=O) groups is 2. The second-order valence-electron chi connectivity index (χ2n) is 6.21. The third-order valence-corrected chi connectivity index (χ3v) is 4.80. The standard InChI is InChI=1S/C17H24N4O2.ClH/c1-12-14(16(22)20-9-4-5-13(11-20)18-2)6-3-7-15(12)21-10-8-19-17(21)23;/h3,6-7,13,18H,4-5,8-11H2,1-2H3,(H,19,23);1H. The molecule has 6 nitrogen and oxygen atoms in total. The van der Waals surface area contributed by atoms with Crippen LogP contribution in [0.15, 0.2) is 18.2 Å². The fourth-order valence-corrected chi connectivity index (χ4v) is 3.42. The summed E-state index contributed by atoms with van der Waals surface area (Å²) in [5, 5.41) is 6.07. The Balaban J connectivity index is 0.00000208. The Labute approximate surface area is 149 Å². The van der Waals surface area contributed by atoms with Crippen molar-refractivity contribution in [1.29, 1.82) is 0 Å². The van der Waals surface area contributed by atoms with Crippen LogP contribution in [0.1, 0.15) is 28.8 Å². The summed E-state index contributed by atoms with van der Waals surface area (Å²) >= 11 is 0. The van der Waals surface area contributed by atoms with E-state index in [1.165, 1.54) is 0 Å². The lowest BCUT2D eigenvalue weighted by molar-refractivity contribution is 0.0697. The third-order valence-electron chi connectivity index (χ3n) is 4.80. The van der Waals surface area contributed by atoms with E-state index in [0.717, 1.165) is 37.2 Å². The van der Waals surface area contributed by atoms with Gasteiger partial charge in [0, 0.05) is 43.5 Å². The predicted octanol–water partition coefficient (Wildman–Crippen LogP) is 1.77. The number of urea groups is 1. The van der Waals surface area contributed by atoms with Gasteiger partial charge in [-0.15, -0.1) is 12.4 Å². The molecule has 3 rings (SSSR count). The molecule has 2 aliphatic rings. The first-order valence-electron chi connectivity index (χ1n) is 8.23. The number of rotatable bonds is 3. The second kappa shape index (κ2) is 7.85. The number of piperidine rings is 1. The van der Waals surface area contributed by atoms with Gasteiger partial charge in [0.05, 0.1) is 0 Å². The molecule has 2 fully saturated rings. The van der Waals surface area contributed by atoms with Gasteiger partial charge in [-0.05, 0) is 44.5 Å². The maximum Gasteiger partial charge on any atom is 0.322 e. The molecule has 2 N–H and O–H groups in total. The minimum absolute atomic E-state index is 0. The molecule has 1 aromatic carbocycles. The van der Waals surface area contributed by atoms with Crippen molar-refractivity contribution in [2.45, 2.75) is 25.8 Å². The molecule has 2 saturated heterocycles. The van der Waals surface area contributed by atoms with Crippen LogP contribution in [0.3, 0.4) is 0 Å². The van der Waals surface area contributed by atoms with Gasteiger partial charge in [-0.2, -0.15) is 0 Å². The zero-order chi connectivity index (χ0) is 16.4.